The van der Waals surface area contributed by atoms with Gasteiger partial charge in [0.25, 0.3) is 0 Å². The number of benzene rings is 6. The van der Waals surface area contributed by atoms with Gasteiger partial charge < -0.3 is 18.6 Å². The molecular weight excluding hydrogens is 1140 g/mol. The van der Waals surface area contributed by atoms with Crippen LogP contribution in [0.4, 0.5) is 30.7 Å². The molecule has 0 spiro atoms. The van der Waals surface area contributed by atoms with Crippen molar-refractivity contribution in [2.24, 2.45) is 0 Å². The van der Waals surface area contributed by atoms with E-state index in [0.29, 0.717) is 0 Å². The van der Waals surface area contributed by atoms with Crippen LogP contribution in [0.5, 0.6) is 0 Å². The number of halogens is 7. The van der Waals surface area contributed by atoms with Crippen molar-refractivity contribution in [1.82, 2.24) is 0 Å². The van der Waals surface area contributed by atoms with Crippen molar-refractivity contribution in [2.45, 2.75) is 66.2 Å². The van der Waals surface area contributed by atoms with Crippen LogP contribution >= 0.6 is 0 Å². The van der Waals surface area contributed by atoms with E-state index in [0.717, 1.165) is 0 Å². The monoisotopic (exact) mass is 1180 g/mol. The standard InChI is InChI=1S/2C19H17S.C6H8F2O5S.C6H6F2O5S.CHF3O3S.Na/c2*1-16-12-14-19(15-13-16)20(17-8-4-2-5-9-17)18-10-6-3-7-11-18;2*1-4(2)5(9)13-3-6(7,8)14(10,11)12;2-1(3,4)8(5,6)7;/h2*2-15H,1H3;1,3H2,2H3,(H,10,11,12);1-3H2;(H,5,6,7);/q2*+1;;;;+1/p-1. The van der Waals surface area contributed by atoms with Gasteiger partial charge in [-0.25, -0.2) is 21.6 Å². The Labute approximate surface area is 470 Å². The van der Waals surface area contributed by atoms with E-state index in [1.807, 2.05) is 0 Å². The quantitative estimate of drug-likeness (QED) is 0.0160. The maximum absolute atomic E-state index is 12.4. The van der Waals surface area contributed by atoms with Gasteiger partial charge in [-0.2, -0.15) is 43.9 Å². The number of ether oxygens (including phenoxy) is 2. The van der Waals surface area contributed by atoms with Gasteiger partial charge in [0, 0.05) is 19.1 Å². The topological polar surface area (TPSA) is 221 Å². The minimum atomic E-state index is -6.09. The first-order chi connectivity index (χ1) is 35.1. The van der Waals surface area contributed by atoms with Crippen LogP contribution in [0.15, 0.2) is 224 Å². The van der Waals surface area contributed by atoms with E-state index in [-0.39, 0.29) is 56.9 Å². The Kier molecular flexibility index (Phi) is 28.2. The van der Waals surface area contributed by atoms with Gasteiger partial charge in [-0.3, -0.25) is 4.55 Å². The fourth-order valence-electron chi connectivity index (χ4n) is 5.06. The molecule has 0 saturated heterocycles. The summed E-state index contributed by atoms with van der Waals surface area (Å²) in [6.45, 7) is 10.9. The van der Waals surface area contributed by atoms with E-state index in [9.17, 15) is 61.7 Å². The van der Waals surface area contributed by atoms with Gasteiger partial charge >= 0.3 is 67.6 Å². The fraction of sp³-hybridized carbons (Fsp3) is 0.157. The van der Waals surface area contributed by atoms with Gasteiger partial charge in [0.2, 0.25) is 5.57 Å². The fourth-order valence-corrected chi connectivity index (χ4v) is 9.64. The van der Waals surface area contributed by atoms with Crippen LogP contribution < -0.4 is 29.6 Å². The van der Waals surface area contributed by atoms with Crippen molar-refractivity contribution >= 4 is 64.1 Å². The van der Waals surface area contributed by atoms with E-state index >= 15 is 0 Å². The number of carbonyl (C=O) groups is 2. The predicted molar refractivity (Wildman–Crippen MR) is 271 cm³/mol. The molecule has 1 N–H and O–H groups in total. The Hall–Kier alpha value is -5.45. The van der Waals surface area contributed by atoms with Crippen LogP contribution in [0.1, 0.15) is 18.1 Å². The van der Waals surface area contributed by atoms with Gasteiger partial charge in [-0.05, 0) is 93.6 Å². The minimum Gasteiger partial charge on any atom is -0.743 e. The van der Waals surface area contributed by atoms with Gasteiger partial charge in [-0.15, -0.1) is 0 Å². The molecule has 77 heavy (non-hydrogen) atoms. The number of hydrogen-bond donors (Lipinski definition) is 1. The normalized spacial score (nSPS) is 11.5. The van der Waals surface area contributed by atoms with Gasteiger partial charge in [-0.1, -0.05) is 115 Å². The minimum absolute atomic E-state index is 0. The third-order valence-electron chi connectivity index (χ3n) is 8.84. The summed E-state index contributed by atoms with van der Waals surface area (Å²) in [4.78, 5) is 29.3. The van der Waals surface area contributed by atoms with E-state index in [1.54, 1.807) is 0 Å². The number of aryl methyl sites for hydroxylation is 2. The zero-order chi connectivity index (χ0) is 57.7. The zero-order valence-corrected chi connectivity index (χ0v) is 47.3. The van der Waals surface area contributed by atoms with Crippen LogP contribution in [0, 0.1) is 20.8 Å². The van der Waals surface area contributed by atoms with E-state index in [2.05, 4.69) is 213 Å². The predicted octanol–water partition coefficient (Wildman–Crippen LogP) is 7.88. The SMILES string of the molecule is C=C(C)C(=O)OCC(F)(F)S(=O)(=O)O.C=C([CH2+])C(=O)OCC(F)(F)S(=O)(=O)[O-].Cc1ccc([S+](c2ccccc2)c2ccccc2)cc1.Cc1ccc([S+](c2ccccc2)c2ccccc2)cc1.O=S(=O)([O-])C(F)(F)F.[Na+]. The van der Waals surface area contributed by atoms with E-state index in [4.69, 9.17) is 17.5 Å². The molecule has 0 atom stereocenters. The molecule has 0 aliphatic heterocycles. The Bertz CT molecular complexity index is 2890. The first kappa shape index (κ1) is 69.6. The molecule has 0 unspecified atom stereocenters. The van der Waals surface area contributed by atoms with Crippen LogP contribution in [0.2, 0.25) is 0 Å². The Balaban J connectivity index is 0.000000495. The van der Waals surface area contributed by atoms with Gasteiger partial charge in [0.05, 0.1) is 21.8 Å². The zero-order valence-electron chi connectivity index (χ0n) is 41.2. The van der Waals surface area contributed by atoms with Gasteiger partial charge in [0.15, 0.2) is 62.8 Å². The van der Waals surface area contributed by atoms with E-state index < -0.39 is 77.1 Å². The van der Waals surface area contributed by atoms with Crippen molar-refractivity contribution in [3.8, 4) is 0 Å². The molecule has 6 aromatic rings. The third kappa shape index (κ3) is 24.0. The Morgan fingerprint density at radius 3 is 0.974 bits per heavy atom. The summed E-state index contributed by atoms with van der Waals surface area (Å²) in [5.74, 6) is -2.46. The maximum Gasteiger partial charge on any atom is 1.00 e. The molecule has 6 aromatic carbocycles. The molecule has 6 rings (SSSR count). The molecule has 13 nitrogen and oxygen atoms in total. The molecular formula is C51H48F7NaO13S5+2. The molecule has 0 amide bonds. The first-order valence-corrected chi connectivity index (χ1v) is 27.8. The second-order valence-corrected chi connectivity index (χ2v) is 23.6. The Morgan fingerprint density at radius 1 is 0.506 bits per heavy atom. The number of hydrogen-bond acceptors (Lipinski definition) is 12. The summed E-state index contributed by atoms with van der Waals surface area (Å²) < 4.78 is 174. The molecule has 0 saturated carbocycles. The second-order valence-electron chi connectivity index (χ2n) is 15.1. The summed E-state index contributed by atoms with van der Waals surface area (Å²) in [5.41, 5.74) is -3.62. The number of rotatable bonds is 14. The molecule has 0 fully saturated rings. The van der Waals surface area contributed by atoms with Crippen molar-refractivity contribution < 1.29 is 118 Å². The number of carbonyl (C=O) groups excluding carboxylic acids is 2. The van der Waals surface area contributed by atoms with Crippen molar-refractivity contribution in [2.75, 3.05) is 13.2 Å². The molecule has 0 bridgehead atoms. The van der Waals surface area contributed by atoms with Crippen molar-refractivity contribution in [3.63, 3.8) is 0 Å². The summed E-state index contributed by atoms with van der Waals surface area (Å²) in [6, 6.07) is 60.8. The average Bonchev–Trinajstić information content (AvgIpc) is 3.35. The van der Waals surface area contributed by atoms with Crippen molar-refractivity contribution in [1.29, 1.82) is 0 Å². The molecule has 0 heterocycles. The maximum atomic E-state index is 12.4. The second kappa shape index (κ2) is 31.2. The average molecular weight is 1190 g/mol. The third-order valence-corrected chi connectivity index (χ3v) is 15.6. The molecule has 0 radical (unpaired) electrons. The molecule has 0 aliphatic carbocycles. The van der Waals surface area contributed by atoms with Crippen molar-refractivity contribution in [3.05, 3.63) is 212 Å². The summed E-state index contributed by atoms with van der Waals surface area (Å²) in [7, 11) is -17.5. The smallest absolute Gasteiger partial charge is 0.743 e. The molecule has 26 heteroatoms. The van der Waals surface area contributed by atoms with Gasteiger partial charge in [0.1, 0.15) is 0 Å². The van der Waals surface area contributed by atoms with Crippen LogP contribution in [-0.4, -0.2) is 80.1 Å². The van der Waals surface area contributed by atoms with Crippen LogP contribution in [-0.2, 0) is 71.2 Å². The molecule has 0 aliphatic rings. The summed E-state index contributed by atoms with van der Waals surface area (Å²) in [6.07, 6.45) is 0. The van der Waals surface area contributed by atoms with E-state index in [1.165, 1.54) is 47.4 Å². The summed E-state index contributed by atoms with van der Waals surface area (Å²) >= 11 is 0. The number of alkyl halides is 7. The Morgan fingerprint density at radius 2 is 0.753 bits per heavy atom. The van der Waals surface area contributed by atoms with Crippen LogP contribution in [0.3, 0.4) is 0 Å². The number of esters is 2. The molecule has 408 valence electrons. The largest absolute Gasteiger partial charge is 1.00 e. The summed E-state index contributed by atoms with van der Waals surface area (Å²) in [5, 5.41) is -9.14. The van der Waals surface area contributed by atoms with Crippen LogP contribution in [0.25, 0.3) is 0 Å². The molecule has 0 aromatic heterocycles. The first-order valence-electron chi connectivity index (χ1n) is 21.1.